The summed E-state index contributed by atoms with van der Waals surface area (Å²) in [5.41, 5.74) is 5.99. The summed E-state index contributed by atoms with van der Waals surface area (Å²) in [7, 11) is 0. The van der Waals surface area contributed by atoms with Gasteiger partial charge in [0, 0.05) is 11.3 Å². The van der Waals surface area contributed by atoms with Gasteiger partial charge in [-0.15, -0.1) is 0 Å². The molecule has 0 fully saturated rings. The van der Waals surface area contributed by atoms with E-state index in [4.69, 9.17) is 22.1 Å². The number of ether oxygens (including phenoxy) is 1. The molecule has 1 atom stereocenters. The lowest BCUT2D eigenvalue weighted by Gasteiger charge is -2.15. The van der Waals surface area contributed by atoms with Crippen molar-refractivity contribution in [2.45, 2.75) is 13.0 Å². The molecule has 2 aromatic rings. The van der Waals surface area contributed by atoms with Gasteiger partial charge in [-0.3, -0.25) is 9.59 Å². The number of anilines is 1. The molecule has 22 heavy (non-hydrogen) atoms. The third kappa shape index (κ3) is 3.99. The molecule has 0 aliphatic rings. The Labute approximate surface area is 133 Å². The standard InChI is InChI=1S/C16H15ClN2O3/c1-10(22-14-8-3-2-7-13(14)17)16(21)19-12-6-4-5-11(9-12)15(18)20/h2-10H,1H3,(H2,18,20)(H,19,21)/t10-/m0/s1. The molecule has 0 saturated carbocycles. The van der Waals surface area contributed by atoms with E-state index in [1.54, 1.807) is 49.4 Å². The maximum absolute atomic E-state index is 12.1. The Hall–Kier alpha value is -2.53. The molecule has 0 aliphatic heterocycles. The molecule has 0 unspecified atom stereocenters. The number of hydrogen-bond donors (Lipinski definition) is 2. The summed E-state index contributed by atoms with van der Waals surface area (Å²) >= 11 is 5.98. The fraction of sp³-hybridized carbons (Fsp3) is 0.125. The Morgan fingerprint density at radius 3 is 2.59 bits per heavy atom. The van der Waals surface area contributed by atoms with Gasteiger partial charge in [0.1, 0.15) is 5.75 Å². The predicted octanol–water partition coefficient (Wildman–Crippen LogP) is 2.84. The van der Waals surface area contributed by atoms with E-state index in [2.05, 4.69) is 5.32 Å². The summed E-state index contributed by atoms with van der Waals surface area (Å²) < 4.78 is 5.52. The molecule has 114 valence electrons. The fourth-order valence-corrected chi connectivity index (χ4v) is 1.96. The molecule has 6 heteroatoms. The molecule has 0 bridgehead atoms. The second-order valence-electron chi connectivity index (χ2n) is 4.62. The fourth-order valence-electron chi connectivity index (χ4n) is 1.78. The smallest absolute Gasteiger partial charge is 0.265 e. The highest BCUT2D eigenvalue weighted by molar-refractivity contribution is 6.32. The van der Waals surface area contributed by atoms with Gasteiger partial charge in [-0.25, -0.2) is 0 Å². The lowest BCUT2D eigenvalue weighted by molar-refractivity contribution is -0.122. The number of primary amides is 1. The van der Waals surface area contributed by atoms with E-state index in [-0.39, 0.29) is 5.91 Å². The summed E-state index contributed by atoms with van der Waals surface area (Å²) in [5.74, 6) is -0.490. The molecular weight excluding hydrogens is 304 g/mol. The number of hydrogen-bond acceptors (Lipinski definition) is 3. The van der Waals surface area contributed by atoms with Crippen LogP contribution in [-0.2, 0) is 4.79 Å². The molecule has 0 spiro atoms. The quantitative estimate of drug-likeness (QED) is 0.889. The molecule has 5 nitrogen and oxygen atoms in total. The highest BCUT2D eigenvalue weighted by Crippen LogP contribution is 2.24. The number of carbonyl (C=O) groups excluding carboxylic acids is 2. The first-order valence-electron chi connectivity index (χ1n) is 6.59. The first-order valence-corrected chi connectivity index (χ1v) is 6.97. The summed E-state index contributed by atoms with van der Waals surface area (Å²) in [5, 5.41) is 3.09. The minimum absolute atomic E-state index is 0.317. The van der Waals surface area contributed by atoms with Crippen LogP contribution in [-0.4, -0.2) is 17.9 Å². The minimum atomic E-state index is -0.753. The van der Waals surface area contributed by atoms with Gasteiger partial charge in [-0.2, -0.15) is 0 Å². The van der Waals surface area contributed by atoms with E-state index in [9.17, 15) is 9.59 Å². The van der Waals surface area contributed by atoms with Crippen LogP contribution in [0.4, 0.5) is 5.69 Å². The topological polar surface area (TPSA) is 81.4 Å². The number of nitrogens with two attached hydrogens (primary N) is 1. The van der Waals surface area contributed by atoms with Crippen molar-refractivity contribution in [3.63, 3.8) is 0 Å². The number of amides is 2. The van der Waals surface area contributed by atoms with Gasteiger partial charge in [0.25, 0.3) is 5.91 Å². The van der Waals surface area contributed by atoms with Gasteiger partial charge < -0.3 is 15.8 Å². The zero-order valence-electron chi connectivity index (χ0n) is 11.9. The Morgan fingerprint density at radius 2 is 1.91 bits per heavy atom. The zero-order valence-corrected chi connectivity index (χ0v) is 12.6. The zero-order chi connectivity index (χ0) is 16.1. The first kappa shape index (κ1) is 15.9. The van der Waals surface area contributed by atoms with Crippen molar-refractivity contribution in [1.29, 1.82) is 0 Å². The lowest BCUT2D eigenvalue weighted by Crippen LogP contribution is -2.30. The van der Waals surface area contributed by atoms with Crippen molar-refractivity contribution in [1.82, 2.24) is 0 Å². The molecule has 0 saturated heterocycles. The van der Waals surface area contributed by atoms with E-state index in [0.717, 1.165) is 0 Å². The molecule has 2 rings (SSSR count). The second-order valence-corrected chi connectivity index (χ2v) is 5.03. The van der Waals surface area contributed by atoms with E-state index >= 15 is 0 Å². The van der Waals surface area contributed by atoms with E-state index in [1.165, 1.54) is 6.07 Å². The minimum Gasteiger partial charge on any atom is -0.479 e. The average molecular weight is 319 g/mol. The highest BCUT2D eigenvalue weighted by atomic mass is 35.5. The normalized spacial score (nSPS) is 11.5. The van der Waals surface area contributed by atoms with Crippen molar-refractivity contribution < 1.29 is 14.3 Å². The molecule has 0 aliphatic carbocycles. The number of rotatable bonds is 5. The maximum atomic E-state index is 12.1. The van der Waals surface area contributed by atoms with Crippen LogP contribution in [0.25, 0.3) is 0 Å². The number of halogens is 1. The lowest BCUT2D eigenvalue weighted by atomic mass is 10.2. The van der Waals surface area contributed by atoms with Gasteiger partial charge in [-0.1, -0.05) is 29.8 Å². The van der Waals surface area contributed by atoms with Crippen LogP contribution < -0.4 is 15.8 Å². The van der Waals surface area contributed by atoms with Crippen LogP contribution in [0.1, 0.15) is 17.3 Å². The summed E-state index contributed by atoms with van der Waals surface area (Å²) in [6.07, 6.45) is -0.753. The highest BCUT2D eigenvalue weighted by Gasteiger charge is 2.16. The van der Waals surface area contributed by atoms with Crippen LogP contribution in [0.5, 0.6) is 5.75 Å². The Balaban J connectivity index is 2.04. The van der Waals surface area contributed by atoms with Crippen molar-refractivity contribution in [2.75, 3.05) is 5.32 Å². The second kappa shape index (κ2) is 6.95. The third-order valence-electron chi connectivity index (χ3n) is 2.92. The van der Waals surface area contributed by atoms with E-state index in [0.29, 0.717) is 22.0 Å². The van der Waals surface area contributed by atoms with Crippen LogP contribution in [0.2, 0.25) is 5.02 Å². The van der Waals surface area contributed by atoms with Crippen LogP contribution in [0.3, 0.4) is 0 Å². The van der Waals surface area contributed by atoms with Gasteiger partial charge in [0.15, 0.2) is 6.10 Å². The number of carbonyl (C=O) groups is 2. The monoisotopic (exact) mass is 318 g/mol. The Morgan fingerprint density at radius 1 is 1.18 bits per heavy atom. The molecular formula is C16H15ClN2O3. The third-order valence-corrected chi connectivity index (χ3v) is 3.24. The van der Waals surface area contributed by atoms with Gasteiger partial charge in [0.2, 0.25) is 5.91 Å². The molecule has 2 aromatic carbocycles. The summed E-state index contributed by atoms with van der Waals surface area (Å²) in [6, 6.07) is 13.3. The van der Waals surface area contributed by atoms with Gasteiger partial charge in [0.05, 0.1) is 5.02 Å². The summed E-state index contributed by atoms with van der Waals surface area (Å²) in [6.45, 7) is 1.61. The maximum Gasteiger partial charge on any atom is 0.265 e. The van der Waals surface area contributed by atoms with Gasteiger partial charge >= 0.3 is 0 Å². The van der Waals surface area contributed by atoms with E-state index < -0.39 is 12.0 Å². The van der Waals surface area contributed by atoms with Crippen LogP contribution >= 0.6 is 11.6 Å². The van der Waals surface area contributed by atoms with Gasteiger partial charge in [-0.05, 0) is 37.3 Å². The number of benzene rings is 2. The van der Waals surface area contributed by atoms with Crippen molar-refractivity contribution >= 4 is 29.1 Å². The first-order chi connectivity index (χ1) is 10.5. The molecule has 3 N–H and O–H groups in total. The SMILES string of the molecule is C[C@H](Oc1ccccc1Cl)C(=O)Nc1cccc(C(N)=O)c1. The molecule has 0 aromatic heterocycles. The van der Waals surface area contributed by atoms with E-state index in [1.807, 2.05) is 0 Å². The molecule has 0 heterocycles. The average Bonchev–Trinajstić information content (AvgIpc) is 2.49. The van der Waals surface area contributed by atoms with Crippen molar-refractivity contribution in [2.24, 2.45) is 5.73 Å². The number of nitrogens with one attached hydrogen (secondary N) is 1. The van der Waals surface area contributed by atoms with Crippen molar-refractivity contribution in [3.8, 4) is 5.75 Å². The van der Waals surface area contributed by atoms with Crippen LogP contribution in [0.15, 0.2) is 48.5 Å². The predicted molar refractivity (Wildman–Crippen MR) is 85.1 cm³/mol. The Kier molecular flexibility index (Phi) is 5.01. The molecule has 0 radical (unpaired) electrons. The Bertz CT molecular complexity index is 703. The largest absolute Gasteiger partial charge is 0.479 e. The van der Waals surface area contributed by atoms with Crippen LogP contribution in [0, 0.1) is 0 Å². The summed E-state index contributed by atoms with van der Waals surface area (Å²) in [4.78, 5) is 23.2. The van der Waals surface area contributed by atoms with Crippen molar-refractivity contribution in [3.05, 3.63) is 59.1 Å². The molecule has 2 amide bonds. The number of para-hydroxylation sites is 1.